The largest absolute Gasteiger partial charge is 0.371 e. The molecule has 0 aliphatic heterocycles. The molecule has 1 atom stereocenters. The van der Waals surface area contributed by atoms with Gasteiger partial charge in [0.05, 0.1) is 11.4 Å². The number of nitrogens with zero attached hydrogens (tertiary/aromatic N) is 2. The first-order valence-electron chi connectivity index (χ1n) is 6.95. The molecule has 5 nitrogen and oxygen atoms in total. The normalized spacial score (nSPS) is 12.0. The Morgan fingerprint density at radius 1 is 1.36 bits per heavy atom. The Kier molecular flexibility index (Phi) is 4.75. The first-order chi connectivity index (χ1) is 10.4. The number of anilines is 2. The van der Waals surface area contributed by atoms with Crippen molar-refractivity contribution in [3.05, 3.63) is 41.7 Å². The van der Waals surface area contributed by atoms with Gasteiger partial charge in [-0.15, -0.1) is 0 Å². The van der Waals surface area contributed by atoms with Crippen LogP contribution in [0.25, 0.3) is 0 Å². The first-order valence-corrected chi connectivity index (χ1v) is 6.95. The van der Waals surface area contributed by atoms with Crippen LogP contribution in [-0.2, 0) is 18.3 Å². The van der Waals surface area contributed by atoms with Crippen LogP contribution in [0.2, 0.25) is 0 Å². The lowest BCUT2D eigenvalue weighted by Gasteiger charge is -2.15. The summed E-state index contributed by atoms with van der Waals surface area (Å²) in [6.45, 7) is 3.65. The number of hydrogen-bond acceptors (Lipinski definition) is 3. The molecule has 0 saturated heterocycles. The van der Waals surface area contributed by atoms with Gasteiger partial charge in [-0.2, -0.15) is 5.10 Å². The molecular formula is C15H18F2N4O. The van der Waals surface area contributed by atoms with E-state index in [1.165, 1.54) is 6.07 Å². The highest BCUT2D eigenvalue weighted by Crippen LogP contribution is 2.16. The Balaban J connectivity index is 2.04. The zero-order valence-corrected chi connectivity index (χ0v) is 12.7. The number of amides is 1. The third kappa shape index (κ3) is 3.60. The molecule has 1 aromatic carbocycles. The van der Waals surface area contributed by atoms with Gasteiger partial charge < -0.3 is 10.6 Å². The minimum absolute atomic E-state index is 0.208. The second-order valence-corrected chi connectivity index (χ2v) is 5.00. The Morgan fingerprint density at radius 3 is 2.73 bits per heavy atom. The number of aryl methyl sites for hydroxylation is 2. The molecule has 2 rings (SSSR count). The number of rotatable bonds is 5. The number of nitrogens with one attached hydrogen (secondary N) is 2. The topological polar surface area (TPSA) is 59.0 Å². The Morgan fingerprint density at radius 2 is 2.09 bits per heavy atom. The van der Waals surface area contributed by atoms with Gasteiger partial charge in [-0.3, -0.25) is 9.48 Å². The van der Waals surface area contributed by atoms with E-state index in [9.17, 15) is 13.6 Å². The van der Waals surface area contributed by atoms with Crippen molar-refractivity contribution in [1.82, 2.24) is 9.78 Å². The van der Waals surface area contributed by atoms with Gasteiger partial charge in [0.1, 0.15) is 6.04 Å². The van der Waals surface area contributed by atoms with Gasteiger partial charge >= 0.3 is 0 Å². The quantitative estimate of drug-likeness (QED) is 0.893. The number of carbonyl (C=O) groups excluding carboxylic acids is 1. The summed E-state index contributed by atoms with van der Waals surface area (Å²) in [5.74, 6) is -2.30. The second-order valence-electron chi connectivity index (χ2n) is 5.00. The summed E-state index contributed by atoms with van der Waals surface area (Å²) >= 11 is 0. The van der Waals surface area contributed by atoms with E-state index in [-0.39, 0.29) is 11.6 Å². The Bertz CT molecular complexity index is 684. The van der Waals surface area contributed by atoms with Crippen molar-refractivity contribution in [2.45, 2.75) is 26.3 Å². The Labute approximate surface area is 127 Å². The van der Waals surface area contributed by atoms with Crippen LogP contribution in [0, 0.1) is 11.6 Å². The molecule has 1 unspecified atom stereocenters. The fourth-order valence-electron chi connectivity index (χ4n) is 2.04. The molecular weight excluding hydrogens is 290 g/mol. The van der Waals surface area contributed by atoms with Crippen LogP contribution < -0.4 is 10.6 Å². The molecule has 7 heteroatoms. The van der Waals surface area contributed by atoms with E-state index in [1.54, 1.807) is 24.9 Å². The van der Waals surface area contributed by atoms with Gasteiger partial charge in [0, 0.05) is 25.0 Å². The van der Waals surface area contributed by atoms with Crippen molar-refractivity contribution in [3.63, 3.8) is 0 Å². The van der Waals surface area contributed by atoms with Gasteiger partial charge in [0.25, 0.3) is 0 Å². The molecule has 0 aliphatic carbocycles. The summed E-state index contributed by atoms with van der Waals surface area (Å²) in [5.41, 5.74) is 1.84. The van der Waals surface area contributed by atoms with Gasteiger partial charge in [0.2, 0.25) is 5.91 Å². The van der Waals surface area contributed by atoms with Crippen molar-refractivity contribution in [2.75, 3.05) is 10.6 Å². The zero-order chi connectivity index (χ0) is 16.3. The molecule has 0 spiro atoms. The van der Waals surface area contributed by atoms with E-state index >= 15 is 0 Å². The molecule has 0 radical (unpaired) electrons. The van der Waals surface area contributed by atoms with Crippen molar-refractivity contribution < 1.29 is 13.6 Å². The predicted octanol–water partition coefficient (Wildman–Crippen LogP) is 2.70. The predicted molar refractivity (Wildman–Crippen MR) is 80.7 cm³/mol. The van der Waals surface area contributed by atoms with Crippen LogP contribution >= 0.6 is 0 Å². The number of hydrogen-bond donors (Lipinski definition) is 2. The van der Waals surface area contributed by atoms with Crippen LogP contribution in [0.5, 0.6) is 0 Å². The van der Waals surface area contributed by atoms with Crippen molar-refractivity contribution in [2.24, 2.45) is 7.05 Å². The smallest absolute Gasteiger partial charge is 0.246 e. The van der Waals surface area contributed by atoms with E-state index in [1.807, 2.05) is 6.92 Å². The first kappa shape index (κ1) is 15.9. The third-order valence-corrected chi connectivity index (χ3v) is 3.19. The van der Waals surface area contributed by atoms with Crippen LogP contribution in [0.1, 0.15) is 19.5 Å². The van der Waals surface area contributed by atoms with E-state index in [4.69, 9.17) is 0 Å². The average molecular weight is 308 g/mol. The zero-order valence-electron chi connectivity index (χ0n) is 12.7. The lowest BCUT2D eigenvalue weighted by atomic mass is 10.2. The lowest BCUT2D eigenvalue weighted by Crippen LogP contribution is -2.32. The molecule has 118 valence electrons. The van der Waals surface area contributed by atoms with E-state index in [0.717, 1.165) is 29.9 Å². The molecule has 1 heterocycles. The Hall–Kier alpha value is -2.44. The minimum Gasteiger partial charge on any atom is -0.371 e. The molecule has 0 fully saturated rings. The van der Waals surface area contributed by atoms with Crippen LogP contribution in [-0.4, -0.2) is 21.7 Å². The fraction of sp³-hybridized carbons (Fsp3) is 0.333. The minimum atomic E-state index is -1.00. The molecule has 1 aromatic heterocycles. The number of aromatic nitrogens is 2. The molecule has 0 saturated carbocycles. The molecule has 2 N–H and O–H groups in total. The summed E-state index contributed by atoms with van der Waals surface area (Å²) in [4.78, 5) is 12.1. The lowest BCUT2D eigenvalue weighted by molar-refractivity contribution is -0.116. The number of halogens is 2. The van der Waals surface area contributed by atoms with Crippen molar-refractivity contribution >= 4 is 17.3 Å². The molecule has 22 heavy (non-hydrogen) atoms. The molecule has 1 amide bonds. The van der Waals surface area contributed by atoms with Gasteiger partial charge in [0.15, 0.2) is 11.6 Å². The highest BCUT2D eigenvalue weighted by molar-refractivity contribution is 5.96. The maximum atomic E-state index is 13.1. The molecule has 0 aliphatic rings. The summed E-state index contributed by atoms with van der Waals surface area (Å²) in [6, 6.07) is 2.67. The summed E-state index contributed by atoms with van der Waals surface area (Å²) in [7, 11) is 1.80. The maximum Gasteiger partial charge on any atom is 0.246 e. The number of benzene rings is 1. The molecule has 2 aromatic rings. The van der Waals surface area contributed by atoms with Crippen LogP contribution in [0.3, 0.4) is 0 Å². The number of carbonyl (C=O) groups is 1. The van der Waals surface area contributed by atoms with Gasteiger partial charge in [-0.25, -0.2) is 8.78 Å². The summed E-state index contributed by atoms with van der Waals surface area (Å²) < 4.78 is 27.7. The van der Waals surface area contributed by atoms with Crippen molar-refractivity contribution in [1.29, 1.82) is 0 Å². The van der Waals surface area contributed by atoms with E-state index < -0.39 is 17.7 Å². The fourth-order valence-corrected chi connectivity index (χ4v) is 2.04. The van der Waals surface area contributed by atoms with Crippen LogP contribution in [0.4, 0.5) is 20.2 Å². The molecule has 0 bridgehead atoms. The summed E-state index contributed by atoms with van der Waals surface area (Å²) in [5, 5.41) is 9.88. The summed E-state index contributed by atoms with van der Waals surface area (Å²) in [6.07, 6.45) is 2.53. The monoisotopic (exact) mass is 308 g/mol. The van der Waals surface area contributed by atoms with E-state index in [0.29, 0.717) is 0 Å². The third-order valence-electron chi connectivity index (χ3n) is 3.19. The van der Waals surface area contributed by atoms with E-state index in [2.05, 4.69) is 15.7 Å². The van der Waals surface area contributed by atoms with Crippen molar-refractivity contribution in [3.8, 4) is 0 Å². The highest BCUT2D eigenvalue weighted by atomic mass is 19.2. The van der Waals surface area contributed by atoms with Gasteiger partial charge in [-0.1, -0.05) is 6.92 Å². The maximum absolute atomic E-state index is 13.1. The van der Waals surface area contributed by atoms with Gasteiger partial charge in [-0.05, 0) is 25.5 Å². The average Bonchev–Trinajstić information content (AvgIpc) is 2.82. The second kappa shape index (κ2) is 6.55. The standard InChI is InChI=1S/C15H18F2N4O/c1-4-13-14(8-21(3)20-13)18-9(2)15(22)19-10-5-6-11(16)12(17)7-10/h5-9,18H,4H2,1-3H3,(H,19,22). The highest BCUT2D eigenvalue weighted by Gasteiger charge is 2.16. The van der Waals surface area contributed by atoms with Crippen LogP contribution in [0.15, 0.2) is 24.4 Å². The SMILES string of the molecule is CCc1nn(C)cc1NC(C)C(=O)Nc1ccc(F)c(F)c1.